The van der Waals surface area contributed by atoms with Crippen LogP contribution in [-0.4, -0.2) is 43.4 Å². The Kier molecular flexibility index (Phi) is 7.86. The molecular weight excluding hydrogens is 420 g/mol. The third kappa shape index (κ3) is 5.79. The Balaban J connectivity index is 1.52. The van der Waals surface area contributed by atoms with Crippen molar-refractivity contribution in [1.82, 2.24) is 15.3 Å². The summed E-state index contributed by atoms with van der Waals surface area (Å²) in [6.07, 6.45) is 2.07. The van der Waals surface area contributed by atoms with E-state index in [1.54, 1.807) is 20.3 Å². The van der Waals surface area contributed by atoms with Crippen LogP contribution in [0.25, 0.3) is 5.69 Å². The average Bonchev–Trinajstić information content (AvgIpc) is 3.11. The summed E-state index contributed by atoms with van der Waals surface area (Å²) in [6, 6.07) is 17.5. The van der Waals surface area contributed by atoms with Crippen LogP contribution in [0.15, 0.2) is 59.7 Å². The second-order valence-corrected chi connectivity index (χ2v) is 7.39. The lowest BCUT2D eigenvalue weighted by molar-refractivity contribution is -0.139. The van der Waals surface area contributed by atoms with Gasteiger partial charge in [0.05, 0.1) is 20.4 Å². The molecule has 1 heterocycles. The van der Waals surface area contributed by atoms with Gasteiger partial charge >= 0.3 is 11.8 Å². The number of carbonyl (C=O) groups excluding carboxylic acids is 2. The molecular formula is C25H28N4O4. The summed E-state index contributed by atoms with van der Waals surface area (Å²) in [6.45, 7) is 4.27. The standard InChI is InChI=1S/C25H28N4O4/c1-17-14-20(18(2)29(17)21-8-6-5-7-9-21)16-27-28-25(31)24(30)26-13-12-19-10-11-22(32-3)23(15-19)33-4/h5-11,14-16H,12-13H2,1-4H3,(H,26,30)(H,28,31)/b27-16-. The second kappa shape index (κ2) is 11.0. The molecule has 0 saturated heterocycles. The maximum absolute atomic E-state index is 12.1. The van der Waals surface area contributed by atoms with Gasteiger partial charge in [0.2, 0.25) is 0 Å². The van der Waals surface area contributed by atoms with Gasteiger partial charge in [-0.3, -0.25) is 9.59 Å². The number of ether oxygens (including phenoxy) is 2. The Morgan fingerprint density at radius 1 is 0.970 bits per heavy atom. The van der Waals surface area contributed by atoms with Crippen molar-refractivity contribution in [2.75, 3.05) is 20.8 Å². The van der Waals surface area contributed by atoms with E-state index in [0.29, 0.717) is 24.5 Å². The summed E-state index contributed by atoms with van der Waals surface area (Å²) >= 11 is 0. The van der Waals surface area contributed by atoms with Crippen molar-refractivity contribution in [2.45, 2.75) is 20.3 Å². The van der Waals surface area contributed by atoms with Gasteiger partial charge in [-0.1, -0.05) is 24.3 Å². The molecule has 0 unspecified atom stereocenters. The van der Waals surface area contributed by atoms with Crippen molar-refractivity contribution >= 4 is 18.0 Å². The van der Waals surface area contributed by atoms with E-state index in [0.717, 1.165) is 28.2 Å². The van der Waals surface area contributed by atoms with Gasteiger partial charge in [0.15, 0.2) is 11.5 Å². The first kappa shape index (κ1) is 23.6. The predicted octanol–water partition coefficient (Wildman–Crippen LogP) is 2.92. The molecule has 8 nitrogen and oxygen atoms in total. The Labute approximate surface area is 193 Å². The third-order valence-corrected chi connectivity index (χ3v) is 5.21. The van der Waals surface area contributed by atoms with E-state index >= 15 is 0 Å². The molecule has 1 aromatic heterocycles. The summed E-state index contributed by atoms with van der Waals surface area (Å²) in [7, 11) is 3.13. The molecule has 3 rings (SSSR count). The van der Waals surface area contributed by atoms with Gasteiger partial charge in [-0.15, -0.1) is 0 Å². The number of hydrogen-bond acceptors (Lipinski definition) is 5. The zero-order chi connectivity index (χ0) is 23.8. The van der Waals surface area contributed by atoms with Gasteiger partial charge in [-0.05, 0) is 56.2 Å². The monoisotopic (exact) mass is 448 g/mol. The van der Waals surface area contributed by atoms with E-state index in [2.05, 4.69) is 20.4 Å². The number of methoxy groups -OCH3 is 2. The van der Waals surface area contributed by atoms with Crippen LogP contribution in [0.5, 0.6) is 11.5 Å². The van der Waals surface area contributed by atoms with E-state index in [1.807, 2.05) is 62.4 Å². The first-order valence-electron chi connectivity index (χ1n) is 10.5. The minimum absolute atomic E-state index is 0.295. The largest absolute Gasteiger partial charge is 0.493 e. The fraction of sp³-hybridized carbons (Fsp3) is 0.240. The first-order chi connectivity index (χ1) is 15.9. The molecule has 0 fully saturated rings. The summed E-state index contributed by atoms with van der Waals surface area (Å²) in [5.74, 6) is -0.329. The number of nitrogens with zero attached hydrogens (tertiary/aromatic N) is 2. The molecule has 0 radical (unpaired) electrons. The molecule has 0 bridgehead atoms. The maximum atomic E-state index is 12.1. The SMILES string of the molecule is COc1ccc(CCNC(=O)C(=O)N/N=C\c2cc(C)n(-c3ccccc3)c2C)cc1OC. The summed E-state index contributed by atoms with van der Waals surface area (Å²) in [4.78, 5) is 24.1. The maximum Gasteiger partial charge on any atom is 0.329 e. The Morgan fingerprint density at radius 3 is 2.39 bits per heavy atom. The van der Waals surface area contributed by atoms with Crippen LogP contribution >= 0.6 is 0 Å². The molecule has 0 spiro atoms. The number of hydrogen-bond donors (Lipinski definition) is 2. The second-order valence-electron chi connectivity index (χ2n) is 7.39. The molecule has 2 N–H and O–H groups in total. The van der Waals surface area contributed by atoms with Crippen LogP contribution in [0.3, 0.4) is 0 Å². The lowest BCUT2D eigenvalue weighted by Crippen LogP contribution is -2.38. The molecule has 0 atom stereocenters. The molecule has 0 saturated carbocycles. The average molecular weight is 449 g/mol. The number of rotatable bonds is 8. The Morgan fingerprint density at radius 2 is 1.70 bits per heavy atom. The number of aromatic nitrogens is 1. The van der Waals surface area contributed by atoms with E-state index in [-0.39, 0.29) is 0 Å². The highest BCUT2D eigenvalue weighted by atomic mass is 16.5. The van der Waals surface area contributed by atoms with Crippen molar-refractivity contribution in [3.8, 4) is 17.2 Å². The van der Waals surface area contributed by atoms with Crippen LogP contribution in [0.4, 0.5) is 0 Å². The van der Waals surface area contributed by atoms with Crippen LogP contribution in [0, 0.1) is 13.8 Å². The minimum Gasteiger partial charge on any atom is -0.493 e. The highest BCUT2D eigenvalue weighted by Gasteiger charge is 2.13. The van der Waals surface area contributed by atoms with Gasteiger partial charge in [-0.2, -0.15) is 5.10 Å². The zero-order valence-electron chi connectivity index (χ0n) is 19.2. The van der Waals surface area contributed by atoms with Crippen LogP contribution in [0.1, 0.15) is 22.5 Å². The molecule has 0 aliphatic rings. The van der Waals surface area contributed by atoms with Gasteiger partial charge in [0.25, 0.3) is 0 Å². The number of hydrazone groups is 1. The van der Waals surface area contributed by atoms with Gasteiger partial charge < -0.3 is 19.4 Å². The van der Waals surface area contributed by atoms with Crippen molar-refractivity contribution < 1.29 is 19.1 Å². The third-order valence-electron chi connectivity index (χ3n) is 5.21. The predicted molar refractivity (Wildman–Crippen MR) is 127 cm³/mol. The number of amides is 2. The fourth-order valence-corrected chi connectivity index (χ4v) is 3.54. The van der Waals surface area contributed by atoms with Gasteiger partial charge in [0, 0.05) is 29.2 Å². The smallest absolute Gasteiger partial charge is 0.329 e. The zero-order valence-corrected chi connectivity index (χ0v) is 19.2. The summed E-state index contributed by atoms with van der Waals surface area (Å²) in [5.41, 5.74) is 7.15. The number of para-hydroxylation sites is 1. The van der Waals surface area contributed by atoms with Crippen LogP contribution in [0.2, 0.25) is 0 Å². The van der Waals surface area contributed by atoms with Gasteiger partial charge in [0.1, 0.15) is 0 Å². The summed E-state index contributed by atoms with van der Waals surface area (Å²) < 4.78 is 12.6. The molecule has 3 aromatic rings. The Hall–Kier alpha value is -4.07. The van der Waals surface area contributed by atoms with E-state index in [4.69, 9.17) is 9.47 Å². The van der Waals surface area contributed by atoms with Crippen molar-refractivity contribution in [2.24, 2.45) is 5.10 Å². The fourth-order valence-electron chi connectivity index (χ4n) is 3.54. The van der Waals surface area contributed by atoms with Crippen molar-refractivity contribution in [3.05, 3.63) is 77.1 Å². The number of benzene rings is 2. The Bertz CT molecular complexity index is 1150. The highest BCUT2D eigenvalue weighted by Crippen LogP contribution is 2.27. The lowest BCUT2D eigenvalue weighted by atomic mass is 10.1. The van der Waals surface area contributed by atoms with E-state index < -0.39 is 11.8 Å². The molecule has 0 aliphatic heterocycles. The molecule has 33 heavy (non-hydrogen) atoms. The van der Waals surface area contributed by atoms with Gasteiger partial charge in [-0.25, -0.2) is 5.43 Å². The topological polar surface area (TPSA) is 94.0 Å². The lowest BCUT2D eigenvalue weighted by Gasteiger charge is -2.10. The van der Waals surface area contributed by atoms with Crippen LogP contribution < -0.4 is 20.2 Å². The minimum atomic E-state index is -0.824. The molecule has 2 amide bonds. The van der Waals surface area contributed by atoms with Crippen LogP contribution in [-0.2, 0) is 16.0 Å². The molecule has 2 aromatic carbocycles. The molecule has 8 heteroatoms. The van der Waals surface area contributed by atoms with E-state index in [9.17, 15) is 9.59 Å². The highest BCUT2D eigenvalue weighted by molar-refractivity contribution is 6.35. The molecule has 0 aliphatic carbocycles. The van der Waals surface area contributed by atoms with Crippen molar-refractivity contribution in [3.63, 3.8) is 0 Å². The number of aryl methyl sites for hydroxylation is 1. The van der Waals surface area contributed by atoms with E-state index in [1.165, 1.54) is 6.21 Å². The first-order valence-corrected chi connectivity index (χ1v) is 10.5. The summed E-state index contributed by atoms with van der Waals surface area (Å²) in [5, 5.41) is 6.54. The quantitative estimate of drug-likeness (QED) is 0.315. The number of nitrogens with one attached hydrogen (secondary N) is 2. The molecule has 172 valence electrons. The number of carbonyl (C=O) groups is 2. The van der Waals surface area contributed by atoms with Crippen molar-refractivity contribution in [1.29, 1.82) is 0 Å². The normalized spacial score (nSPS) is 10.8.